The van der Waals surface area contributed by atoms with Crippen LogP contribution >= 0.6 is 0 Å². The average Bonchev–Trinajstić information content (AvgIpc) is 2.32. The van der Waals surface area contributed by atoms with Crippen LogP contribution in [-0.4, -0.2) is 38.2 Å². The van der Waals surface area contributed by atoms with Crippen LogP contribution in [0.3, 0.4) is 0 Å². The van der Waals surface area contributed by atoms with E-state index in [2.05, 4.69) is 0 Å². The number of hydrogen-bond acceptors (Lipinski definition) is 4. The second-order valence-electron chi connectivity index (χ2n) is 3.79. The first-order chi connectivity index (χ1) is 8.22. The van der Waals surface area contributed by atoms with Crippen LogP contribution in [0.5, 0.6) is 5.75 Å². The second kappa shape index (κ2) is 7.21. The molecule has 0 aliphatic rings. The number of benzene rings is 1. The Bertz CT molecular complexity index is 341. The van der Waals surface area contributed by atoms with E-state index < -0.39 is 0 Å². The largest absolute Gasteiger partial charge is 0.494 e. The Hall–Kier alpha value is -1.17. The van der Waals surface area contributed by atoms with Gasteiger partial charge in [-0.05, 0) is 6.07 Å². The monoisotopic (exact) mass is 241 g/mol. The van der Waals surface area contributed by atoms with Crippen molar-refractivity contribution in [3.05, 3.63) is 29.6 Å². The average molecular weight is 241 g/mol. The number of methoxy groups -OCH3 is 1. The van der Waals surface area contributed by atoms with E-state index in [-0.39, 0.29) is 11.6 Å². The molecule has 0 saturated heterocycles. The van der Waals surface area contributed by atoms with E-state index in [1.807, 2.05) is 4.90 Å². The summed E-state index contributed by atoms with van der Waals surface area (Å²) in [6.45, 7) is 2.97. The third kappa shape index (κ3) is 3.96. The summed E-state index contributed by atoms with van der Waals surface area (Å²) in [5, 5.41) is 0. The van der Waals surface area contributed by atoms with E-state index in [1.54, 1.807) is 18.2 Å². The van der Waals surface area contributed by atoms with Gasteiger partial charge in [-0.1, -0.05) is 12.1 Å². The summed E-state index contributed by atoms with van der Waals surface area (Å²) in [5.74, 6) is -0.0445. The summed E-state index contributed by atoms with van der Waals surface area (Å²) in [4.78, 5) is 2.03. The van der Waals surface area contributed by atoms with Crippen LogP contribution in [0.15, 0.2) is 18.2 Å². The van der Waals surface area contributed by atoms with Crippen LogP contribution in [-0.2, 0) is 6.54 Å². The van der Waals surface area contributed by atoms with Crippen molar-refractivity contribution in [3.63, 3.8) is 0 Å². The zero-order valence-corrected chi connectivity index (χ0v) is 10.2. The van der Waals surface area contributed by atoms with Gasteiger partial charge in [0.2, 0.25) is 0 Å². The highest BCUT2D eigenvalue weighted by Crippen LogP contribution is 2.20. The fourth-order valence-corrected chi connectivity index (χ4v) is 1.71. The number of rotatable bonds is 7. The fraction of sp³-hybridized carbons (Fsp3) is 0.500. The van der Waals surface area contributed by atoms with Gasteiger partial charge in [0.25, 0.3) is 0 Å². The quantitative estimate of drug-likeness (QED) is 0.732. The third-order valence-electron chi connectivity index (χ3n) is 2.55. The van der Waals surface area contributed by atoms with E-state index in [0.717, 1.165) is 0 Å². The number of ether oxygens (including phenoxy) is 1. The van der Waals surface area contributed by atoms with Crippen LogP contribution < -0.4 is 16.2 Å². The smallest absolute Gasteiger partial charge is 0.169 e. The lowest BCUT2D eigenvalue weighted by Crippen LogP contribution is -2.33. The first-order valence-corrected chi connectivity index (χ1v) is 5.66. The van der Waals surface area contributed by atoms with Gasteiger partial charge < -0.3 is 16.2 Å². The van der Waals surface area contributed by atoms with Crippen molar-refractivity contribution in [3.8, 4) is 5.75 Å². The molecule has 0 amide bonds. The van der Waals surface area contributed by atoms with Crippen molar-refractivity contribution in [1.29, 1.82) is 0 Å². The van der Waals surface area contributed by atoms with Crippen molar-refractivity contribution in [2.45, 2.75) is 6.54 Å². The SMILES string of the molecule is COc1cccc(CN(CCN)CCN)c1F. The lowest BCUT2D eigenvalue weighted by atomic mass is 10.2. The molecule has 0 aliphatic heterocycles. The maximum absolute atomic E-state index is 13.9. The van der Waals surface area contributed by atoms with Crippen LogP contribution in [0.25, 0.3) is 0 Å². The molecule has 0 unspecified atom stereocenters. The number of nitrogens with zero attached hydrogens (tertiary/aromatic N) is 1. The minimum Gasteiger partial charge on any atom is -0.494 e. The molecule has 5 heteroatoms. The van der Waals surface area contributed by atoms with E-state index in [4.69, 9.17) is 16.2 Å². The van der Waals surface area contributed by atoms with Crippen molar-refractivity contribution in [2.24, 2.45) is 11.5 Å². The Morgan fingerprint density at radius 2 is 1.88 bits per heavy atom. The first-order valence-electron chi connectivity index (χ1n) is 5.66. The summed E-state index contributed by atoms with van der Waals surface area (Å²) < 4.78 is 18.8. The van der Waals surface area contributed by atoms with Gasteiger partial charge in [-0.15, -0.1) is 0 Å². The molecule has 4 N–H and O–H groups in total. The second-order valence-corrected chi connectivity index (χ2v) is 3.79. The molecule has 0 spiro atoms. The van der Waals surface area contributed by atoms with E-state index in [9.17, 15) is 4.39 Å². The van der Waals surface area contributed by atoms with Crippen molar-refractivity contribution >= 4 is 0 Å². The molecule has 0 heterocycles. The lowest BCUT2D eigenvalue weighted by Gasteiger charge is -2.21. The van der Waals surface area contributed by atoms with Gasteiger partial charge in [0, 0.05) is 38.3 Å². The molecule has 0 aromatic heterocycles. The fourth-order valence-electron chi connectivity index (χ4n) is 1.71. The molecule has 4 nitrogen and oxygen atoms in total. The minimum atomic E-state index is -0.311. The molecule has 96 valence electrons. The Labute approximate surface area is 101 Å². The molecular weight excluding hydrogens is 221 g/mol. The molecule has 1 aromatic carbocycles. The minimum absolute atomic E-state index is 0.267. The van der Waals surface area contributed by atoms with Gasteiger partial charge in [-0.3, -0.25) is 4.90 Å². The lowest BCUT2D eigenvalue weighted by molar-refractivity contribution is 0.274. The van der Waals surface area contributed by atoms with Gasteiger partial charge >= 0.3 is 0 Å². The van der Waals surface area contributed by atoms with Gasteiger partial charge in [0.05, 0.1) is 7.11 Å². The van der Waals surface area contributed by atoms with Gasteiger partial charge in [0.1, 0.15) is 0 Å². The number of nitrogens with two attached hydrogens (primary N) is 2. The molecule has 0 saturated carbocycles. The summed E-state index contributed by atoms with van der Waals surface area (Å²) in [7, 11) is 1.46. The molecule has 0 bridgehead atoms. The van der Waals surface area contributed by atoms with Crippen LogP contribution in [0.2, 0.25) is 0 Å². The Morgan fingerprint density at radius 1 is 1.24 bits per heavy atom. The molecule has 0 radical (unpaired) electrons. The van der Waals surface area contributed by atoms with Gasteiger partial charge in [-0.25, -0.2) is 4.39 Å². The number of hydrogen-bond donors (Lipinski definition) is 2. The number of halogens is 1. The van der Waals surface area contributed by atoms with Crippen molar-refractivity contribution in [2.75, 3.05) is 33.3 Å². The normalized spacial score (nSPS) is 10.9. The molecule has 1 rings (SSSR count). The van der Waals surface area contributed by atoms with Crippen LogP contribution in [0.4, 0.5) is 4.39 Å². The Balaban J connectivity index is 2.77. The predicted molar refractivity (Wildman–Crippen MR) is 66.3 cm³/mol. The van der Waals surface area contributed by atoms with E-state index in [1.165, 1.54) is 7.11 Å². The maximum atomic E-state index is 13.9. The van der Waals surface area contributed by atoms with Gasteiger partial charge in [-0.2, -0.15) is 0 Å². The zero-order chi connectivity index (χ0) is 12.7. The topological polar surface area (TPSA) is 64.5 Å². The summed E-state index contributed by atoms with van der Waals surface area (Å²) in [6.07, 6.45) is 0. The molecular formula is C12H20FN3O. The molecule has 0 fully saturated rings. The first kappa shape index (κ1) is 13.9. The van der Waals surface area contributed by atoms with Gasteiger partial charge in [0.15, 0.2) is 11.6 Å². The zero-order valence-electron chi connectivity index (χ0n) is 10.2. The molecule has 1 aromatic rings. The van der Waals surface area contributed by atoms with Crippen molar-refractivity contribution in [1.82, 2.24) is 4.90 Å². The van der Waals surface area contributed by atoms with Crippen molar-refractivity contribution < 1.29 is 9.13 Å². The maximum Gasteiger partial charge on any atom is 0.169 e. The van der Waals surface area contributed by atoms with Crippen LogP contribution in [0.1, 0.15) is 5.56 Å². The summed E-state index contributed by atoms with van der Waals surface area (Å²) in [6, 6.07) is 5.13. The highest BCUT2D eigenvalue weighted by molar-refractivity contribution is 5.30. The Kier molecular flexibility index (Phi) is 5.90. The van der Waals surface area contributed by atoms with E-state index in [0.29, 0.717) is 38.3 Å². The molecule has 17 heavy (non-hydrogen) atoms. The molecule has 0 aliphatic carbocycles. The highest BCUT2D eigenvalue weighted by atomic mass is 19.1. The highest BCUT2D eigenvalue weighted by Gasteiger charge is 2.11. The third-order valence-corrected chi connectivity index (χ3v) is 2.55. The van der Waals surface area contributed by atoms with Crippen LogP contribution in [0, 0.1) is 5.82 Å². The molecule has 0 atom stereocenters. The standard InChI is InChI=1S/C12H20FN3O/c1-17-11-4-2-3-10(12(11)13)9-16(7-5-14)8-6-15/h2-4H,5-9,14-15H2,1H3. The van der Waals surface area contributed by atoms with E-state index >= 15 is 0 Å². The summed E-state index contributed by atoms with van der Waals surface area (Å²) in [5.41, 5.74) is 11.6. The predicted octanol–water partition coefficient (Wildman–Crippen LogP) is 0.554. The summed E-state index contributed by atoms with van der Waals surface area (Å²) >= 11 is 0. The Morgan fingerprint density at radius 3 is 2.41 bits per heavy atom.